The molecule has 15 heavy (non-hydrogen) atoms. The molecule has 2 nitrogen and oxygen atoms in total. The van der Waals surface area contributed by atoms with Crippen LogP contribution in [0.2, 0.25) is 0 Å². The lowest BCUT2D eigenvalue weighted by atomic mass is 10.0. The molecule has 0 aliphatic carbocycles. The first-order chi connectivity index (χ1) is 7.08. The number of likely N-dealkylation sites (tertiary alicyclic amines) is 1. The second kappa shape index (κ2) is 3.95. The van der Waals surface area contributed by atoms with Gasteiger partial charge in [-0.25, -0.2) is 0 Å². The maximum Gasteiger partial charge on any atom is 0.0239 e. The zero-order valence-corrected chi connectivity index (χ0v) is 9.61. The molecule has 0 spiro atoms. The first-order valence-corrected chi connectivity index (χ1v) is 5.62. The van der Waals surface area contributed by atoms with Gasteiger partial charge in [-0.2, -0.15) is 0 Å². The third-order valence-corrected chi connectivity index (χ3v) is 3.29. The highest BCUT2D eigenvalue weighted by Crippen LogP contribution is 2.29. The van der Waals surface area contributed by atoms with Crippen LogP contribution >= 0.6 is 0 Å². The van der Waals surface area contributed by atoms with Gasteiger partial charge >= 0.3 is 0 Å². The van der Waals surface area contributed by atoms with Gasteiger partial charge in [0, 0.05) is 24.7 Å². The van der Waals surface area contributed by atoms with Gasteiger partial charge in [0.05, 0.1) is 0 Å². The Morgan fingerprint density at radius 3 is 2.53 bits per heavy atom. The van der Waals surface area contributed by atoms with Gasteiger partial charge in [0.1, 0.15) is 0 Å². The molecule has 1 aromatic carbocycles. The molecule has 1 aliphatic rings. The largest absolute Gasteiger partial charge is 0.326 e. The molecule has 1 aromatic rings. The van der Waals surface area contributed by atoms with E-state index in [2.05, 4.69) is 49.1 Å². The van der Waals surface area contributed by atoms with E-state index in [0.29, 0.717) is 6.04 Å². The van der Waals surface area contributed by atoms with Crippen LogP contribution in [0, 0.1) is 0 Å². The molecular formula is C13H20N2. The van der Waals surface area contributed by atoms with Crippen molar-refractivity contribution in [2.24, 2.45) is 5.73 Å². The molecule has 0 radical (unpaired) electrons. The minimum Gasteiger partial charge on any atom is -0.326 e. The number of benzene rings is 1. The maximum atomic E-state index is 6.01. The van der Waals surface area contributed by atoms with Gasteiger partial charge in [-0.1, -0.05) is 30.3 Å². The van der Waals surface area contributed by atoms with E-state index in [4.69, 9.17) is 5.73 Å². The second-order valence-electron chi connectivity index (χ2n) is 5.14. The fraction of sp³-hybridized carbons (Fsp3) is 0.538. The van der Waals surface area contributed by atoms with Crippen molar-refractivity contribution >= 4 is 0 Å². The average Bonchev–Trinajstić information content (AvgIpc) is 2.41. The van der Waals surface area contributed by atoms with Crippen molar-refractivity contribution in [1.82, 2.24) is 4.90 Å². The van der Waals surface area contributed by atoms with Gasteiger partial charge in [-0.15, -0.1) is 0 Å². The molecule has 0 saturated carbocycles. The van der Waals surface area contributed by atoms with E-state index in [-0.39, 0.29) is 5.54 Å². The van der Waals surface area contributed by atoms with Crippen LogP contribution in [0.1, 0.15) is 25.8 Å². The Labute approximate surface area is 92.1 Å². The summed E-state index contributed by atoms with van der Waals surface area (Å²) in [5.74, 6) is 0. The van der Waals surface area contributed by atoms with Crippen molar-refractivity contribution in [1.29, 1.82) is 0 Å². The fourth-order valence-corrected chi connectivity index (χ4v) is 2.45. The highest BCUT2D eigenvalue weighted by atomic mass is 15.2. The van der Waals surface area contributed by atoms with Gasteiger partial charge in [0.15, 0.2) is 0 Å². The van der Waals surface area contributed by atoms with Gasteiger partial charge in [0.25, 0.3) is 0 Å². The topological polar surface area (TPSA) is 29.3 Å². The average molecular weight is 204 g/mol. The Morgan fingerprint density at radius 1 is 1.33 bits per heavy atom. The van der Waals surface area contributed by atoms with E-state index in [9.17, 15) is 0 Å². The molecule has 2 N–H and O–H groups in total. The zero-order valence-electron chi connectivity index (χ0n) is 9.61. The quantitative estimate of drug-likeness (QED) is 0.798. The summed E-state index contributed by atoms with van der Waals surface area (Å²) in [6.45, 7) is 6.59. The van der Waals surface area contributed by atoms with Crippen LogP contribution in [0.25, 0.3) is 0 Å². The molecule has 82 valence electrons. The van der Waals surface area contributed by atoms with Crippen molar-refractivity contribution in [2.75, 3.05) is 6.54 Å². The molecule has 0 amide bonds. The minimum atomic E-state index is 0.245. The van der Waals surface area contributed by atoms with E-state index in [1.165, 1.54) is 5.56 Å². The van der Waals surface area contributed by atoms with Gasteiger partial charge in [0.2, 0.25) is 0 Å². The van der Waals surface area contributed by atoms with Crippen molar-refractivity contribution in [3.05, 3.63) is 35.9 Å². The lowest BCUT2D eigenvalue weighted by molar-refractivity contribution is 0.166. The number of rotatable bonds is 2. The lowest BCUT2D eigenvalue weighted by Crippen LogP contribution is -2.37. The molecule has 2 heteroatoms. The highest BCUT2D eigenvalue weighted by molar-refractivity contribution is 5.15. The Kier molecular flexibility index (Phi) is 2.81. The highest BCUT2D eigenvalue weighted by Gasteiger charge is 2.36. The standard InChI is InChI=1S/C13H20N2/c1-13(2)8-12(14)10-15(13)9-11-6-4-3-5-7-11/h3-7,12H,8-10,14H2,1-2H3. The van der Waals surface area contributed by atoms with Crippen molar-refractivity contribution in [3.63, 3.8) is 0 Å². The van der Waals surface area contributed by atoms with E-state index >= 15 is 0 Å². The lowest BCUT2D eigenvalue weighted by Gasteiger charge is -2.31. The molecule has 0 bridgehead atoms. The summed E-state index contributed by atoms with van der Waals surface area (Å²) in [7, 11) is 0. The van der Waals surface area contributed by atoms with E-state index in [0.717, 1.165) is 19.5 Å². The normalized spacial score (nSPS) is 25.7. The zero-order chi connectivity index (χ0) is 10.9. The van der Waals surface area contributed by atoms with Crippen LogP contribution in [0.4, 0.5) is 0 Å². The van der Waals surface area contributed by atoms with Crippen molar-refractivity contribution in [3.8, 4) is 0 Å². The Hall–Kier alpha value is -0.860. The number of nitrogens with two attached hydrogens (primary N) is 1. The smallest absolute Gasteiger partial charge is 0.0239 e. The molecule has 1 fully saturated rings. The minimum absolute atomic E-state index is 0.245. The molecule has 2 rings (SSSR count). The Balaban J connectivity index is 2.07. The number of hydrogen-bond acceptors (Lipinski definition) is 2. The van der Waals surface area contributed by atoms with E-state index in [1.54, 1.807) is 0 Å². The molecule has 1 atom stereocenters. The van der Waals surface area contributed by atoms with Gasteiger partial charge in [-0.3, -0.25) is 4.90 Å². The molecule has 1 aliphatic heterocycles. The van der Waals surface area contributed by atoms with Crippen molar-refractivity contribution in [2.45, 2.75) is 38.4 Å². The predicted octanol–water partition coefficient (Wildman–Crippen LogP) is 2.00. The SMILES string of the molecule is CC1(C)CC(N)CN1Cc1ccccc1. The van der Waals surface area contributed by atoms with Crippen molar-refractivity contribution < 1.29 is 0 Å². The van der Waals surface area contributed by atoms with Crippen LogP contribution in [0.3, 0.4) is 0 Å². The third kappa shape index (κ3) is 2.39. The molecule has 1 heterocycles. The molecule has 1 saturated heterocycles. The summed E-state index contributed by atoms with van der Waals surface area (Å²) >= 11 is 0. The monoisotopic (exact) mass is 204 g/mol. The molecule has 0 aromatic heterocycles. The summed E-state index contributed by atoms with van der Waals surface area (Å²) in [4.78, 5) is 2.48. The summed E-state index contributed by atoms with van der Waals surface area (Å²) < 4.78 is 0. The summed E-state index contributed by atoms with van der Waals surface area (Å²) in [5, 5.41) is 0. The summed E-state index contributed by atoms with van der Waals surface area (Å²) in [6, 6.07) is 10.9. The first-order valence-electron chi connectivity index (χ1n) is 5.62. The summed E-state index contributed by atoms with van der Waals surface area (Å²) in [5.41, 5.74) is 7.63. The predicted molar refractivity (Wildman–Crippen MR) is 63.5 cm³/mol. The fourth-order valence-electron chi connectivity index (χ4n) is 2.45. The number of nitrogens with zero attached hydrogens (tertiary/aromatic N) is 1. The van der Waals surface area contributed by atoms with Crippen LogP contribution in [0.15, 0.2) is 30.3 Å². The first kappa shape index (κ1) is 10.7. The number of hydrogen-bond donors (Lipinski definition) is 1. The van der Waals surface area contributed by atoms with Crippen LogP contribution in [-0.2, 0) is 6.54 Å². The van der Waals surface area contributed by atoms with E-state index in [1.807, 2.05) is 0 Å². The molecule has 1 unspecified atom stereocenters. The van der Waals surface area contributed by atoms with Gasteiger partial charge in [-0.05, 0) is 25.8 Å². The third-order valence-electron chi connectivity index (χ3n) is 3.29. The maximum absolute atomic E-state index is 6.01. The van der Waals surface area contributed by atoms with Crippen LogP contribution in [-0.4, -0.2) is 23.0 Å². The summed E-state index contributed by atoms with van der Waals surface area (Å²) in [6.07, 6.45) is 1.10. The van der Waals surface area contributed by atoms with E-state index < -0.39 is 0 Å². The van der Waals surface area contributed by atoms with Crippen LogP contribution < -0.4 is 5.73 Å². The molecular weight excluding hydrogens is 184 g/mol. The Morgan fingerprint density at radius 2 is 2.00 bits per heavy atom. The second-order valence-corrected chi connectivity index (χ2v) is 5.14. The Bertz CT molecular complexity index is 319. The van der Waals surface area contributed by atoms with Crippen LogP contribution in [0.5, 0.6) is 0 Å². The van der Waals surface area contributed by atoms with Gasteiger partial charge < -0.3 is 5.73 Å².